The molecule has 1 rings (SSSR count). The number of nitrogens with zero attached hydrogens (tertiary/aromatic N) is 1. The van der Waals surface area contributed by atoms with E-state index in [0.29, 0.717) is 5.92 Å². The second-order valence-corrected chi connectivity index (χ2v) is 3.56. The van der Waals surface area contributed by atoms with Crippen molar-refractivity contribution >= 4 is 5.91 Å². The Bertz CT molecular complexity index is 171. The number of hydrogen-bond donors (Lipinski definition) is 0. The van der Waals surface area contributed by atoms with E-state index in [1.54, 1.807) is 14.0 Å². The van der Waals surface area contributed by atoms with Gasteiger partial charge in [0.1, 0.15) is 6.10 Å². The smallest absolute Gasteiger partial charge is 0.251 e. The number of likely N-dealkylation sites (tertiary alicyclic amines) is 1. The molecule has 3 heteroatoms. The zero-order valence-electron chi connectivity index (χ0n) is 10.0. The number of carbonyl (C=O) groups excluding carboxylic acids is 1. The van der Waals surface area contributed by atoms with Crippen molar-refractivity contribution < 1.29 is 9.53 Å². The number of carbonyl (C=O) groups is 1. The first-order chi connectivity index (χ1) is 6.65. The SMILES string of the molecule is CC.COC(C)C(=O)N1CCC(C)C1. The number of amides is 1. The molecule has 0 aromatic heterocycles. The fraction of sp³-hybridized carbons (Fsp3) is 0.909. The first-order valence-corrected chi connectivity index (χ1v) is 5.46. The van der Waals surface area contributed by atoms with Crippen LogP contribution < -0.4 is 0 Å². The number of methoxy groups -OCH3 is 1. The molecule has 1 aliphatic rings. The zero-order valence-corrected chi connectivity index (χ0v) is 10.0. The minimum atomic E-state index is -0.282. The van der Waals surface area contributed by atoms with Crippen molar-refractivity contribution in [3.05, 3.63) is 0 Å². The van der Waals surface area contributed by atoms with Gasteiger partial charge in [-0.1, -0.05) is 20.8 Å². The number of ether oxygens (including phenoxy) is 1. The van der Waals surface area contributed by atoms with Gasteiger partial charge in [0.2, 0.25) is 0 Å². The third-order valence-electron chi connectivity index (χ3n) is 2.44. The predicted octanol–water partition coefficient (Wildman–Crippen LogP) is 1.92. The van der Waals surface area contributed by atoms with Crippen LogP contribution in [-0.2, 0) is 9.53 Å². The van der Waals surface area contributed by atoms with Crippen molar-refractivity contribution in [2.75, 3.05) is 20.2 Å². The van der Waals surface area contributed by atoms with Gasteiger partial charge in [-0.3, -0.25) is 4.79 Å². The summed E-state index contributed by atoms with van der Waals surface area (Å²) in [6, 6.07) is 0. The molecule has 0 bridgehead atoms. The lowest BCUT2D eigenvalue weighted by Crippen LogP contribution is -2.36. The molecular formula is C11H23NO2. The highest BCUT2D eigenvalue weighted by atomic mass is 16.5. The van der Waals surface area contributed by atoms with Crippen LogP contribution in [0.5, 0.6) is 0 Å². The summed E-state index contributed by atoms with van der Waals surface area (Å²) in [7, 11) is 1.57. The van der Waals surface area contributed by atoms with Gasteiger partial charge in [0.05, 0.1) is 0 Å². The molecule has 84 valence electrons. The van der Waals surface area contributed by atoms with E-state index in [2.05, 4.69) is 6.92 Å². The summed E-state index contributed by atoms with van der Waals surface area (Å²) in [5.74, 6) is 0.778. The Morgan fingerprint density at radius 3 is 2.43 bits per heavy atom. The lowest BCUT2D eigenvalue weighted by molar-refractivity contribution is -0.139. The third kappa shape index (κ3) is 3.66. The molecule has 0 radical (unpaired) electrons. The predicted molar refractivity (Wildman–Crippen MR) is 58.2 cm³/mol. The molecular weight excluding hydrogens is 178 g/mol. The fourth-order valence-electron chi connectivity index (χ4n) is 1.49. The quantitative estimate of drug-likeness (QED) is 0.683. The Morgan fingerprint density at radius 1 is 1.50 bits per heavy atom. The van der Waals surface area contributed by atoms with Gasteiger partial charge in [-0.25, -0.2) is 0 Å². The number of hydrogen-bond acceptors (Lipinski definition) is 2. The topological polar surface area (TPSA) is 29.5 Å². The summed E-state index contributed by atoms with van der Waals surface area (Å²) in [5.41, 5.74) is 0. The lowest BCUT2D eigenvalue weighted by atomic mass is 10.2. The molecule has 1 heterocycles. The van der Waals surface area contributed by atoms with Gasteiger partial charge >= 0.3 is 0 Å². The summed E-state index contributed by atoms with van der Waals surface area (Å²) in [6.45, 7) is 9.76. The average molecular weight is 201 g/mol. The molecule has 1 aliphatic heterocycles. The molecule has 1 fully saturated rings. The molecule has 0 aromatic rings. The third-order valence-corrected chi connectivity index (χ3v) is 2.44. The minimum Gasteiger partial charge on any atom is -0.372 e. The maximum Gasteiger partial charge on any atom is 0.251 e. The van der Waals surface area contributed by atoms with Crippen LogP contribution >= 0.6 is 0 Å². The van der Waals surface area contributed by atoms with E-state index in [4.69, 9.17) is 4.74 Å². The largest absolute Gasteiger partial charge is 0.372 e. The van der Waals surface area contributed by atoms with Crippen LogP contribution in [0.3, 0.4) is 0 Å². The first-order valence-electron chi connectivity index (χ1n) is 5.46. The Kier molecular flexibility index (Phi) is 6.54. The monoisotopic (exact) mass is 201 g/mol. The van der Waals surface area contributed by atoms with E-state index in [1.807, 2.05) is 18.7 Å². The molecule has 1 saturated heterocycles. The highest BCUT2D eigenvalue weighted by Gasteiger charge is 2.26. The van der Waals surface area contributed by atoms with E-state index in [-0.39, 0.29) is 12.0 Å². The molecule has 0 aliphatic carbocycles. The van der Waals surface area contributed by atoms with Gasteiger partial charge in [0.25, 0.3) is 5.91 Å². The normalized spacial score (nSPS) is 22.6. The van der Waals surface area contributed by atoms with Crippen molar-refractivity contribution in [2.45, 2.75) is 40.2 Å². The van der Waals surface area contributed by atoms with Gasteiger partial charge in [-0.2, -0.15) is 0 Å². The molecule has 0 aromatic carbocycles. The summed E-state index contributed by atoms with van der Waals surface area (Å²) in [5, 5.41) is 0. The van der Waals surface area contributed by atoms with Gasteiger partial charge in [-0.05, 0) is 19.3 Å². The van der Waals surface area contributed by atoms with Crippen molar-refractivity contribution in [2.24, 2.45) is 5.92 Å². The van der Waals surface area contributed by atoms with Crippen LogP contribution in [0.25, 0.3) is 0 Å². The van der Waals surface area contributed by atoms with Gasteiger partial charge < -0.3 is 9.64 Å². The van der Waals surface area contributed by atoms with E-state index in [9.17, 15) is 4.79 Å². The van der Waals surface area contributed by atoms with Crippen LogP contribution in [-0.4, -0.2) is 37.1 Å². The van der Waals surface area contributed by atoms with Crippen LogP contribution in [0.4, 0.5) is 0 Å². The number of rotatable bonds is 2. The standard InChI is InChI=1S/C9H17NO2.C2H6/c1-7-4-5-10(6-7)9(11)8(2)12-3;1-2/h7-8H,4-6H2,1-3H3;1-2H3. The Hall–Kier alpha value is -0.570. The van der Waals surface area contributed by atoms with E-state index >= 15 is 0 Å². The van der Waals surface area contributed by atoms with Gasteiger partial charge in [0, 0.05) is 20.2 Å². The maximum atomic E-state index is 11.5. The Balaban J connectivity index is 0.000000791. The van der Waals surface area contributed by atoms with E-state index < -0.39 is 0 Å². The summed E-state index contributed by atoms with van der Waals surface area (Å²) in [4.78, 5) is 13.4. The summed E-state index contributed by atoms with van der Waals surface area (Å²) in [6.07, 6.45) is 0.845. The Labute approximate surface area is 87.4 Å². The summed E-state index contributed by atoms with van der Waals surface area (Å²) >= 11 is 0. The average Bonchev–Trinajstić information content (AvgIpc) is 2.65. The van der Waals surface area contributed by atoms with Crippen LogP contribution in [0.2, 0.25) is 0 Å². The van der Waals surface area contributed by atoms with Crippen molar-refractivity contribution in [3.8, 4) is 0 Å². The highest BCUT2D eigenvalue weighted by molar-refractivity contribution is 5.80. The Morgan fingerprint density at radius 2 is 2.07 bits per heavy atom. The van der Waals surface area contributed by atoms with Gasteiger partial charge in [-0.15, -0.1) is 0 Å². The second kappa shape index (κ2) is 6.82. The second-order valence-electron chi connectivity index (χ2n) is 3.56. The van der Waals surface area contributed by atoms with Crippen LogP contribution in [0, 0.1) is 5.92 Å². The zero-order chi connectivity index (χ0) is 11.1. The first kappa shape index (κ1) is 13.4. The van der Waals surface area contributed by atoms with Crippen molar-refractivity contribution in [1.29, 1.82) is 0 Å². The molecule has 14 heavy (non-hydrogen) atoms. The van der Waals surface area contributed by atoms with Crippen LogP contribution in [0.15, 0.2) is 0 Å². The molecule has 0 saturated carbocycles. The fourth-order valence-corrected chi connectivity index (χ4v) is 1.49. The maximum absolute atomic E-state index is 11.5. The molecule has 2 unspecified atom stereocenters. The highest BCUT2D eigenvalue weighted by Crippen LogP contribution is 2.16. The molecule has 1 amide bonds. The van der Waals surface area contributed by atoms with E-state index in [1.165, 1.54) is 0 Å². The molecule has 0 N–H and O–H groups in total. The van der Waals surface area contributed by atoms with Crippen LogP contribution in [0.1, 0.15) is 34.1 Å². The van der Waals surface area contributed by atoms with Crippen molar-refractivity contribution in [3.63, 3.8) is 0 Å². The minimum absolute atomic E-state index is 0.127. The molecule has 3 nitrogen and oxygen atoms in total. The summed E-state index contributed by atoms with van der Waals surface area (Å²) < 4.78 is 4.97. The lowest BCUT2D eigenvalue weighted by Gasteiger charge is -2.19. The van der Waals surface area contributed by atoms with Crippen molar-refractivity contribution in [1.82, 2.24) is 4.90 Å². The van der Waals surface area contributed by atoms with E-state index in [0.717, 1.165) is 19.5 Å². The molecule has 0 spiro atoms. The molecule has 2 atom stereocenters. The van der Waals surface area contributed by atoms with Gasteiger partial charge in [0.15, 0.2) is 0 Å².